The van der Waals surface area contributed by atoms with Crippen molar-refractivity contribution in [3.05, 3.63) is 97.2 Å². The molecule has 0 radical (unpaired) electrons. The molecule has 1 saturated heterocycles. The molecule has 0 saturated carbocycles. The lowest BCUT2D eigenvalue weighted by Gasteiger charge is -2.41. The first-order chi connectivity index (χ1) is 20.3. The van der Waals surface area contributed by atoms with Gasteiger partial charge in [-0.1, -0.05) is 0 Å². The van der Waals surface area contributed by atoms with Crippen LogP contribution in [0.3, 0.4) is 0 Å². The molecule has 0 spiro atoms. The molecule has 43 heavy (non-hydrogen) atoms. The van der Waals surface area contributed by atoms with Crippen LogP contribution >= 0.6 is 0 Å². The van der Waals surface area contributed by atoms with Crippen molar-refractivity contribution in [3.8, 4) is 11.5 Å². The van der Waals surface area contributed by atoms with E-state index in [1.54, 1.807) is 0 Å². The number of carbonyl (C=O) groups is 4. The zero-order valence-electron chi connectivity index (χ0n) is 22.3. The maximum Gasteiger partial charge on any atom is 0.331 e. The first-order valence-electron chi connectivity index (χ1n) is 12.9. The lowest BCUT2D eigenvalue weighted by molar-refractivity contribution is -0.281. The summed E-state index contributed by atoms with van der Waals surface area (Å²) in [6, 6.07) is 5.34. The Morgan fingerprint density at radius 2 is 1.33 bits per heavy atom. The number of carbonyl (C=O) groups excluding carboxylic acids is 4. The summed E-state index contributed by atoms with van der Waals surface area (Å²) in [4.78, 5) is 47.5. The zero-order chi connectivity index (χ0) is 31.2. The van der Waals surface area contributed by atoms with E-state index in [9.17, 15) is 44.7 Å². The van der Waals surface area contributed by atoms with E-state index in [4.69, 9.17) is 18.9 Å². The number of esters is 2. The van der Waals surface area contributed by atoms with E-state index in [2.05, 4.69) is 0 Å². The van der Waals surface area contributed by atoms with Gasteiger partial charge in [0.2, 0.25) is 6.29 Å². The van der Waals surface area contributed by atoms with Crippen molar-refractivity contribution in [2.45, 2.75) is 41.9 Å². The molecular formula is C30H28O13. The van der Waals surface area contributed by atoms with Crippen LogP contribution in [0.5, 0.6) is 11.5 Å². The van der Waals surface area contributed by atoms with Crippen molar-refractivity contribution in [1.29, 1.82) is 0 Å². The summed E-state index contributed by atoms with van der Waals surface area (Å²) in [7, 11) is 0. The van der Waals surface area contributed by atoms with Crippen molar-refractivity contribution in [2.75, 3.05) is 6.61 Å². The van der Waals surface area contributed by atoms with Crippen LogP contribution in [0.2, 0.25) is 0 Å². The highest BCUT2D eigenvalue weighted by molar-refractivity contribution is 6.01. The molecular weight excluding hydrogens is 568 g/mol. The molecule has 1 aromatic rings. The van der Waals surface area contributed by atoms with Gasteiger partial charge >= 0.3 is 11.9 Å². The Labute approximate surface area is 244 Å². The molecule has 13 nitrogen and oxygen atoms in total. The number of hydrogen-bond acceptors (Lipinski definition) is 13. The number of aliphatic hydroxyl groups is 4. The number of allylic oxidation sites excluding steroid dienone is 4. The maximum atomic E-state index is 12.6. The normalized spacial score (nSPS) is 27.5. The van der Waals surface area contributed by atoms with Gasteiger partial charge in [0, 0.05) is 12.2 Å². The Morgan fingerprint density at radius 1 is 0.814 bits per heavy atom. The van der Waals surface area contributed by atoms with Gasteiger partial charge < -0.3 is 44.5 Å². The summed E-state index contributed by atoms with van der Waals surface area (Å²) in [6.45, 7) is -0.609. The maximum absolute atomic E-state index is 12.6. The Hall–Kier alpha value is -4.66. The van der Waals surface area contributed by atoms with E-state index in [1.807, 2.05) is 0 Å². The number of hydrogen-bond donors (Lipinski definition) is 5. The molecule has 0 aromatic heterocycles. The second-order valence-corrected chi connectivity index (χ2v) is 9.75. The molecule has 226 valence electrons. The number of ether oxygens (including phenoxy) is 4. The monoisotopic (exact) mass is 596 g/mol. The average molecular weight is 597 g/mol. The molecule has 0 bridgehead atoms. The first kappa shape index (κ1) is 31.3. The Balaban J connectivity index is 1.46. The number of phenolic OH excluding ortho intramolecular Hbond substituents is 1. The lowest BCUT2D eigenvalue weighted by Crippen LogP contribution is -2.61. The number of aliphatic hydroxyl groups excluding tert-OH is 2. The molecule has 1 aromatic carbocycles. The van der Waals surface area contributed by atoms with Crippen molar-refractivity contribution < 1.29 is 63.7 Å². The quantitative estimate of drug-likeness (QED) is 0.183. The fraction of sp³-hybridized carbons (Fsp3) is 0.267. The van der Waals surface area contributed by atoms with Gasteiger partial charge in [-0.15, -0.1) is 0 Å². The molecule has 1 aliphatic heterocycles. The standard InChI is InChI=1S/C30H28O13/c31-18-1-3-21(4-2-18)41-28-26(37)27(43-24(35)10-16-30(39)13-7-20(33)8-14-30)25(36)22(42-28)17-40-23(34)9-15-29(38)11-5-19(32)6-12-29/h1-16,22,25-28,31,36-39H,17H2. The highest BCUT2D eigenvalue weighted by atomic mass is 16.7. The molecule has 5 unspecified atom stereocenters. The fourth-order valence-electron chi connectivity index (χ4n) is 4.03. The second-order valence-electron chi connectivity index (χ2n) is 9.75. The summed E-state index contributed by atoms with van der Waals surface area (Å²) in [5, 5.41) is 52.1. The van der Waals surface area contributed by atoms with Crippen molar-refractivity contribution in [2.24, 2.45) is 0 Å². The van der Waals surface area contributed by atoms with Gasteiger partial charge in [0.15, 0.2) is 23.8 Å². The molecule has 1 heterocycles. The molecule has 5 atom stereocenters. The predicted octanol–water partition coefficient (Wildman–Crippen LogP) is -0.363. The van der Waals surface area contributed by atoms with Crippen LogP contribution in [0.1, 0.15) is 0 Å². The van der Waals surface area contributed by atoms with E-state index in [0.717, 1.165) is 60.8 Å². The van der Waals surface area contributed by atoms with E-state index < -0.39 is 60.5 Å². The highest BCUT2D eigenvalue weighted by Gasteiger charge is 2.48. The molecule has 1 fully saturated rings. The SMILES string of the molecule is O=C1C=CC(O)(C=CC(=O)OCC2OC(Oc3ccc(O)cc3)C(O)C(OC(=O)C=CC3(O)C=CC(=O)C=C3)C2O)C=C1. The van der Waals surface area contributed by atoms with Gasteiger partial charge in [-0.2, -0.15) is 0 Å². The molecule has 5 N–H and O–H groups in total. The molecule has 13 heteroatoms. The van der Waals surface area contributed by atoms with Crippen LogP contribution in [0.4, 0.5) is 0 Å². The number of rotatable bonds is 9. The van der Waals surface area contributed by atoms with Gasteiger partial charge in [-0.25, -0.2) is 9.59 Å². The predicted molar refractivity (Wildman–Crippen MR) is 145 cm³/mol. The number of ketones is 2. The second kappa shape index (κ2) is 13.1. The number of aromatic hydroxyl groups is 1. The van der Waals surface area contributed by atoms with E-state index in [0.29, 0.717) is 0 Å². The van der Waals surface area contributed by atoms with E-state index >= 15 is 0 Å². The van der Waals surface area contributed by atoms with Crippen LogP contribution in [-0.4, -0.2) is 97.6 Å². The van der Waals surface area contributed by atoms with Gasteiger partial charge in [-0.05, 0) is 85.0 Å². The average Bonchev–Trinajstić information content (AvgIpc) is 2.98. The summed E-state index contributed by atoms with van der Waals surface area (Å²) >= 11 is 0. The molecule has 0 amide bonds. The Kier molecular flexibility index (Phi) is 9.53. The highest BCUT2D eigenvalue weighted by Crippen LogP contribution is 2.28. The zero-order valence-corrected chi connectivity index (χ0v) is 22.3. The third kappa shape index (κ3) is 8.44. The van der Waals surface area contributed by atoms with Crippen LogP contribution in [0, 0.1) is 0 Å². The van der Waals surface area contributed by atoms with Crippen LogP contribution in [0.25, 0.3) is 0 Å². The Morgan fingerprint density at radius 3 is 1.86 bits per heavy atom. The van der Waals surface area contributed by atoms with Gasteiger partial charge in [-0.3, -0.25) is 9.59 Å². The fourth-order valence-corrected chi connectivity index (χ4v) is 4.03. The third-order valence-corrected chi connectivity index (χ3v) is 6.40. The summed E-state index contributed by atoms with van der Waals surface area (Å²) in [5.41, 5.74) is -3.44. The van der Waals surface area contributed by atoms with Crippen molar-refractivity contribution in [1.82, 2.24) is 0 Å². The largest absolute Gasteiger partial charge is 0.508 e. The molecule has 2 aliphatic carbocycles. The van der Waals surface area contributed by atoms with Crippen molar-refractivity contribution in [3.63, 3.8) is 0 Å². The van der Waals surface area contributed by atoms with Gasteiger partial charge in [0.1, 0.15) is 41.5 Å². The topological polar surface area (TPSA) is 206 Å². The summed E-state index contributed by atoms with van der Waals surface area (Å²) in [6.07, 6.45) is 4.85. The first-order valence-corrected chi connectivity index (χ1v) is 12.9. The minimum Gasteiger partial charge on any atom is -0.508 e. The summed E-state index contributed by atoms with van der Waals surface area (Å²) < 4.78 is 21.6. The minimum atomic E-state index is -1.76. The van der Waals surface area contributed by atoms with Crippen LogP contribution in [-0.2, 0) is 33.4 Å². The smallest absolute Gasteiger partial charge is 0.331 e. The summed E-state index contributed by atoms with van der Waals surface area (Å²) in [5.74, 6) is -2.66. The van der Waals surface area contributed by atoms with Crippen LogP contribution in [0.15, 0.2) is 97.2 Å². The lowest BCUT2D eigenvalue weighted by atomic mass is 9.97. The number of benzene rings is 1. The van der Waals surface area contributed by atoms with Gasteiger partial charge in [0.25, 0.3) is 0 Å². The molecule has 3 aliphatic rings. The van der Waals surface area contributed by atoms with E-state index in [-0.39, 0.29) is 23.1 Å². The van der Waals surface area contributed by atoms with Gasteiger partial charge in [0.05, 0.1) is 0 Å². The molecule has 4 rings (SSSR count). The Bertz CT molecular complexity index is 1380. The van der Waals surface area contributed by atoms with Crippen LogP contribution < -0.4 is 4.74 Å². The third-order valence-electron chi connectivity index (χ3n) is 6.40. The minimum absolute atomic E-state index is 0.0616. The van der Waals surface area contributed by atoms with Crippen molar-refractivity contribution >= 4 is 23.5 Å². The van der Waals surface area contributed by atoms with E-state index in [1.165, 1.54) is 36.4 Å². The number of phenols is 1.